The molecule has 8 heteroatoms. The van der Waals surface area contributed by atoms with Gasteiger partial charge in [0.2, 0.25) is 0 Å². The number of fused-ring (bicyclic) bond motifs is 1. The van der Waals surface area contributed by atoms with Crippen LogP contribution in [0.15, 0.2) is 66.7 Å². The lowest BCUT2D eigenvalue weighted by molar-refractivity contribution is -0.124. The maximum absolute atomic E-state index is 13.1. The first-order valence-corrected chi connectivity index (χ1v) is 11.2. The largest absolute Gasteiger partial charge is 0.497 e. The second kappa shape index (κ2) is 11.2. The van der Waals surface area contributed by atoms with Crippen LogP contribution in [-0.2, 0) is 16.0 Å². The summed E-state index contributed by atoms with van der Waals surface area (Å²) in [5, 5.41) is 2.72. The number of ether oxygens (including phenoxy) is 4. The van der Waals surface area contributed by atoms with Crippen LogP contribution in [-0.4, -0.2) is 51.1 Å². The van der Waals surface area contributed by atoms with E-state index in [4.69, 9.17) is 18.9 Å². The van der Waals surface area contributed by atoms with Gasteiger partial charge in [0.1, 0.15) is 19.0 Å². The van der Waals surface area contributed by atoms with Gasteiger partial charge in [-0.3, -0.25) is 9.59 Å². The number of hydrogen-bond donors (Lipinski definition) is 1. The Morgan fingerprint density at radius 1 is 0.886 bits per heavy atom. The molecule has 1 heterocycles. The molecule has 3 aromatic rings. The Labute approximate surface area is 202 Å². The van der Waals surface area contributed by atoms with Gasteiger partial charge in [0.15, 0.2) is 23.9 Å². The summed E-state index contributed by atoms with van der Waals surface area (Å²) in [6.45, 7) is 0.787. The normalized spacial score (nSPS) is 11.9. The summed E-state index contributed by atoms with van der Waals surface area (Å²) in [6, 6.07) is 18.7. The van der Waals surface area contributed by atoms with Crippen molar-refractivity contribution in [3.8, 4) is 17.2 Å². The number of carbonyl (C=O) groups is 3. The summed E-state index contributed by atoms with van der Waals surface area (Å²) in [6.07, 6.45) is 0.622. The molecule has 1 aliphatic rings. The number of ketones is 1. The van der Waals surface area contributed by atoms with E-state index in [1.165, 1.54) is 6.07 Å². The van der Waals surface area contributed by atoms with Gasteiger partial charge in [0.25, 0.3) is 5.91 Å². The predicted molar refractivity (Wildman–Crippen MR) is 127 cm³/mol. The van der Waals surface area contributed by atoms with Gasteiger partial charge < -0.3 is 24.3 Å². The molecule has 0 atom stereocenters. The minimum Gasteiger partial charge on any atom is -0.497 e. The summed E-state index contributed by atoms with van der Waals surface area (Å²) in [7, 11) is 1.60. The molecular formula is C27H25NO7. The van der Waals surface area contributed by atoms with E-state index >= 15 is 0 Å². The lowest BCUT2D eigenvalue weighted by atomic mass is 9.98. The van der Waals surface area contributed by atoms with Crippen LogP contribution in [0.25, 0.3) is 0 Å². The highest BCUT2D eigenvalue weighted by Crippen LogP contribution is 2.31. The summed E-state index contributed by atoms with van der Waals surface area (Å²) >= 11 is 0. The van der Waals surface area contributed by atoms with Crippen LogP contribution in [0.3, 0.4) is 0 Å². The molecule has 0 fully saturated rings. The smallest absolute Gasteiger partial charge is 0.339 e. The Morgan fingerprint density at radius 3 is 2.34 bits per heavy atom. The molecule has 8 nitrogen and oxygen atoms in total. The molecule has 0 saturated heterocycles. The number of carbonyl (C=O) groups excluding carboxylic acids is 3. The van der Waals surface area contributed by atoms with E-state index in [-0.39, 0.29) is 16.9 Å². The van der Waals surface area contributed by atoms with Crippen molar-refractivity contribution in [2.24, 2.45) is 0 Å². The van der Waals surface area contributed by atoms with Gasteiger partial charge in [-0.2, -0.15) is 0 Å². The van der Waals surface area contributed by atoms with E-state index in [1.807, 2.05) is 24.3 Å². The van der Waals surface area contributed by atoms with Crippen molar-refractivity contribution in [2.75, 3.05) is 33.5 Å². The minimum absolute atomic E-state index is 0.0819. The molecule has 1 N–H and O–H groups in total. The fourth-order valence-electron chi connectivity index (χ4n) is 3.60. The summed E-state index contributed by atoms with van der Waals surface area (Å²) in [4.78, 5) is 37.9. The van der Waals surface area contributed by atoms with Crippen LogP contribution < -0.4 is 19.5 Å². The number of hydrogen-bond acceptors (Lipinski definition) is 7. The van der Waals surface area contributed by atoms with Crippen molar-refractivity contribution in [1.82, 2.24) is 5.32 Å². The van der Waals surface area contributed by atoms with Crippen molar-refractivity contribution >= 4 is 17.7 Å². The highest BCUT2D eigenvalue weighted by molar-refractivity contribution is 6.14. The Kier molecular flexibility index (Phi) is 7.62. The van der Waals surface area contributed by atoms with Crippen molar-refractivity contribution in [3.05, 3.63) is 89.0 Å². The van der Waals surface area contributed by atoms with Crippen LogP contribution in [0.1, 0.15) is 31.8 Å². The molecule has 1 amide bonds. The molecule has 0 spiro atoms. The summed E-state index contributed by atoms with van der Waals surface area (Å²) in [5.41, 5.74) is 1.65. The van der Waals surface area contributed by atoms with E-state index < -0.39 is 18.5 Å². The molecule has 35 heavy (non-hydrogen) atoms. The summed E-state index contributed by atoms with van der Waals surface area (Å²) < 4.78 is 21.3. The maximum Gasteiger partial charge on any atom is 0.339 e. The Morgan fingerprint density at radius 2 is 1.60 bits per heavy atom. The fourth-order valence-corrected chi connectivity index (χ4v) is 3.60. The van der Waals surface area contributed by atoms with Gasteiger partial charge in [-0.25, -0.2) is 4.79 Å². The van der Waals surface area contributed by atoms with Crippen LogP contribution in [0, 0.1) is 0 Å². The zero-order valence-corrected chi connectivity index (χ0v) is 19.2. The second-order valence-corrected chi connectivity index (χ2v) is 7.76. The third-order valence-electron chi connectivity index (χ3n) is 5.43. The number of rotatable bonds is 9. The number of methoxy groups -OCH3 is 1. The Balaban J connectivity index is 1.33. The number of benzene rings is 3. The van der Waals surface area contributed by atoms with Crippen LogP contribution in [0.2, 0.25) is 0 Å². The van der Waals surface area contributed by atoms with Crippen molar-refractivity contribution in [2.45, 2.75) is 6.42 Å². The van der Waals surface area contributed by atoms with Crippen LogP contribution in [0.4, 0.5) is 0 Å². The average Bonchev–Trinajstić information content (AvgIpc) is 2.91. The van der Waals surface area contributed by atoms with Gasteiger partial charge >= 0.3 is 5.97 Å². The Hall–Kier alpha value is -4.33. The summed E-state index contributed by atoms with van der Waals surface area (Å²) in [5.74, 6) is 0.266. The molecule has 0 radical (unpaired) electrons. The minimum atomic E-state index is -0.753. The van der Waals surface area contributed by atoms with E-state index in [0.29, 0.717) is 43.2 Å². The first kappa shape index (κ1) is 23.8. The standard InChI is InChI=1S/C27H25NO7/c1-32-20-9-6-18(7-10-20)12-13-28-25(29)17-35-27(31)22-5-3-2-4-21(22)26(30)19-8-11-23-24(16-19)34-15-14-33-23/h2-11,16H,12-15,17H2,1H3,(H,28,29). The second-order valence-electron chi connectivity index (χ2n) is 7.76. The highest BCUT2D eigenvalue weighted by atomic mass is 16.6. The SMILES string of the molecule is COc1ccc(CCNC(=O)COC(=O)c2ccccc2C(=O)c2ccc3c(c2)OCCO3)cc1. The quantitative estimate of drug-likeness (QED) is 0.375. The van der Waals surface area contributed by atoms with Gasteiger partial charge in [0, 0.05) is 17.7 Å². The van der Waals surface area contributed by atoms with Crippen molar-refractivity contribution in [1.29, 1.82) is 0 Å². The molecule has 0 saturated carbocycles. The van der Waals surface area contributed by atoms with Crippen molar-refractivity contribution < 1.29 is 33.3 Å². The van der Waals surface area contributed by atoms with Gasteiger partial charge in [0.05, 0.1) is 12.7 Å². The number of esters is 1. The third kappa shape index (κ3) is 5.97. The molecular weight excluding hydrogens is 450 g/mol. The van der Waals surface area contributed by atoms with Gasteiger partial charge in [-0.1, -0.05) is 30.3 Å². The monoisotopic (exact) mass is 475 g/mol. The zero-order chi connectivity index (χ0) is 24.6. The van der Waals surface area contributed by atoms with E-state index in [9.17, 15) is 14.4 Å². The van der Waals surface area contributed by atoms with Crippen LogP contribution >= 0.6 is 0 Å². The van der Waals surface area contributed by atoms with E-state index in [1.54, 1.807) is 43.5 Å². The molecule has 0 unspecified atom stereocenters. The van der Waals surface area contributed by atoms with E-state index in [2.05, 4.69) is 5.32 Å². The molecule has 4 rings (SSSR count). The van der Waals surface area contributed by atoms with E-state index in [0.717, 1.165) is 11.3 Å². The number of nitrogens with one attached hydrogen (secondary N) is 1. The van der Waals surface area contributed by atoms with Gasteiger partial charge in [-0.15, -0.1) is 0 Å². The van der Waals surface area contributed by atoms with Crippen LogP contribution in [0.5, 0.6) is 17.2 Å². The molecule has 1 aliphatic heterocycles. The van der Waals surface area contributed by atoms with Gasteiger partial charge in [-0.05, 0) is 48.4 Å². The fraction of sp³-hybridized carbons (Fsp3) is 0.222. The lowest BCUT2D eigenvalue weighted by Crippen LogP contribution is -2.30. The number of amides is 1. The highest BCUT2D eigenvalue weighted by Gasteiger charge is 2.22. The molecule has 3 aromatic carbocycles. The first-order valence-electron chi connectivity index (χ1n) is 11.2. The maximum atomic E-state index is 13.1. The topological polar surface area (TPSA) is 100 Å². The molecule has 0 aromatic heterocycles. The third-order valence-corrected chi connectivity index (χ3v) is 5.43. The first-order chi connectivity index (χ1) is 17.0. The average molecular weight is 475 g/mol. The zero-order valence-electron chi connectivity index (χ0n) is 19.2. The molecule has 0 bridgehead atoms. The molecule has 0 aliphatic carbocycles. The Bertz CT molecular complexity index is 1220. The predicted octanol–water partition coefficient (Wildman–Crippen LogP) is 3.21. The lowest BCUT2D eigenvalue weighted by Gasteiger charge is -2.18. The van der Waals surface area contributed by atoms with Crippen molar-refractivity contribution in [3.63, 3.8) is 0 Å². The molecule has 180 valence electrons.